The smallest absolute Gasteiger partial charge is 0.284 e. The fourth-order valence-electron chi connectivity index (χ4n) is 3.63. The molecule has 0 radical (unpaired) electrons. The average Bonchev–Trinajstić information content (AvgIpc) is 3.47. The van der Waals surface area contributed by atoms with Gasteiger partial charge in [-0.1, -0.05) is 0 Å². The van der Waals surface area contributed by atoms with Gasteiger partial charge in [-0.05, 0) is 49.4 Å². The maximum atomic E-state index is 13.3. The van der Waals surface area contributed by atoms with Gasteiger partial charge >= 0.3 is 0 Å². The number of morpholine rings is 1. The van der Waals surface area contributed by atoms with Crippen LogP contribution in [0.2, 0.25) is 0 Å². The number of imidazole rings is 1. The van der Waals surface area contributed by atoms with Crippen molar-refractivity contribution in [3.63, 3.8) is 0 Å². The Labute approximate surface area is 196 Å². The molecule has 1 atom stereocenters. The van der Waals surface area contributed by atoms with Gasteiger partial charge in [-0.25, -0.2) is 13.6 Å². The van der Waals surface area contributed by atoms with E-state index in [1.165, 1.54) is 12.1 Å². The van der Waals surface area contributed by atoms with E-state index in [0.717, 1.165) is 11.4 Å². The highest BCUT2D eigenvalue weighted by Gasteiger charge is 2.27. The van der Waals surface area contributed by atoms with Crippen LogP contribution in [-0.2, 0) is 16.0 Å². The molecule has 3 heterocycles. The monoisotopic (exact) mass is 485 g/mol. The number of aryl methyl sites for hydroxylation is 1. The molecule has 1 saturated heterocycles. The molecule has 2 aromatic carbocycles. The fourth-order valence-corrected chi connectivity index (χ4v) is 3.96. The Balaban J connectivity index is 1.51. The van der Waals surface area contributed by atoms with Gasteiger partial charge in [0, 0.05) is 11.8 Å². The van der Waals surface area contributed by atoms with Crippen molar-refractivity contribution >= 4 is 28.9 Å². The number of amidine groups is 1. The summed E-state index contributed by atoms with van der Waals surface area (Å²) in [6, 6.07) is 9.41. The lowest BCUT2D eigenvalue weighted by Crippen LogP contribution is -2.44. The van der Waals surface area contributed by atoms with Gasteiger partial charge in [0.1, 0.15) is 12.4 Å². The molecular formula is C22H20FN5O5S. The molecule has 3 aromatic rings. The third-order valence-electron chi connectivity index (χ3n) is 5.13. The van der Waals surface area contributed by atoms with Gasteiger partial charge in [-0.15, -0.1) is 4.40 Å². The van der Waals surface area contributed by atoms with Gasteiger partial charge in [0.2, 0.25) is 12.6 Å². The summed E-state index contributed by atoms with van der Waals surface area (Å²) in [5.74, 6) is 1.05. The molecule has 0 bridgehead atoms. The maximum absolute atomic E-state index is 13.3. The quantitative estimate of drug-likeness (QED) is 0.530. The number of rotatable bonds is 5. The highest BCUT2D eigenvalue weighted by molar-refractivity contribution is 7.78. The lowest BCUT2D eigenvalue weighted by atomic mass is 10.1. The summed E-state index contributed by atoms with van der Waals surface area (Å²) in [5, 5.41) is 1.57. The molecule has 1 unspecified atom stereocenters. The number of hydrogen-bond donors (Lipinski definition) is 2. The highest BCUT2D eigenvalue weighted by atomic mass is 32.2. The molecule has 5 rings (SSSR count). The maximum Gasteiger partial charge on any atom is 0.284 e. The van der Waals surface area contributed by atoms with Crippen molar-refractivity contribution in [3.8, 4) is 17.2 Å². The molecule has 2 N–H and O–H groups in total. The Kier molecular flexibility index (Phi) is 5.90. The SMILES string of the molecule is Cc1cn(-c2ccc(C=C3OCCN(Nc4ccc(F)cc4)C3=NS(=O)O)c3c2OCO3)cn1. The largest absolute Gasteiger partial charge is 0.488 e. The van der Waals surface area contributed by atoms with Crippen LogP contribution in [0, 0.1) is 12.7 Å². The molecule has 1 aromatic heterocycles. The van der Waals surface area contributed by atoms with Crippen molar-refractivity contribution in [3.05, 3.63) is 71.8 Å². The minimum absolute atomic E-state index is 0.0525. The van der Waals surface area contributed by atoms with Crippen molar-refractivity contribution < 1.29 is 27.4 Å². The van der Waals surface area contributed by atoms with Gasteiger partial charge in [0.05, 0.1) is 29.9 Å². The Bertz CT molecular complexity index is 1310. The van der Waals surface area contributed by atoms with E-state index in [9.17, 15) is 13.2 Å². The molecular weight excluding hydrogens is 465 g/mol. The summed E-state index contributed by atoms with van der Waals surface area (Å²) in [6.45, 7) is 2.56. The van der Waals surface area contributed by atoms with Crippen LogP contribution in [0.25, 0.3) is 11.8 Å². The minimum atomic E-state index is -2.49. The van der Waals surface area contributed by atoms with E-state index >= 15 is 0 Å². The summed E-state index contributed by atoms with van der Waals surface area (Å²) in [5.41, 5.74) is 5.92. The van der Waals surface area contributed by atoms with Gasteiger partial charge in [0.25, 0.3) is 11.3 Å². The Morgan fingerprint density at radius 3 is 2.71 bits per heavy atom. The Morgan fingerprint density at radius 1 is 1.18 bits per heavy atom. The number of nitrogens with one attached hydrogen (secondary N) is 1. The van der Waals surface area contributed by atoms with E-state index < -0.39 is 11.3 Å². The van der Waals surface area contributed by atoms with Crippen LogP contribution in [0.3, 0.4) is 0 Å². The first kappa shape index (κ1) is 21.9. The van der Waals surface area contributed by atoms with Gasteiger partial charge in [-0.3, -0.25) is 15.0 Å². The van der Waals surface area contributed by atoms with E-state index in [1.54, 1.807) is 29.5 Å². The third-order valence-corrected chi connectivity index (χ3v) is 5.46. The van der Waals surface area contributed by atoms with E-state index in [1.807, 2.05) is 29.8 Å². The van der Waals surface area contributed by atoms with E-state index in [2.05, 4.69) is 14.8 Å². The van der Waals surface area contributed by atoms with Gasteiger partial charge < -0.3 is 18.8 Å². The number of fused-ring (bicyclic) bond motifs is 1. The first-order chi connectivity index (χ1) is 16.5. The van der Waals surface area contributed by atoms with Crippen LogP contribution in [0.5, 0.6) is 11.5 Å². The normalized spacial score (nSPS) is 18.3. The average molecular weight is 485 g/mol. The molecule has 0 saturated carbocycles. The number of hydrazine groups is 1. The van der Waals surface area contributed by atoms with Crippen LogP contribution in [0.4, 0.5) is 10.1 Å². The number of hydrogen-bond acceptors (Lipinski definition) is 6. The first-order valence-electron chi connectivity index (χ1n) is 10.3. The number of nitrogens with zero attached hydrogens (tertiary/aromatic N) is 4. The number of aromatic nitrogens is 2. The minimum Gasteiger partial charge on any atom is -0.488 e. The predicted octanol–water partition coefficient (Wildman–Crippen LogP) is 3.28. The van der Waals surface area contributed by atoms with Gasteiger partial charge in [0.15, 0.2) is 17.3 Å². The predicted molar refractivity (Wildman–Crippen MR) is 123 cm³/mol. The Hall–Kier alpha value is -3.90. The third kappa shape index (κ3) is 4.45. The zero-order chi connectivity index (χ0) is 23.7. The molecule has 0 spiro atoms. The van der Waals surface area contributed by atoms with Crippen molar-refractivity contribution in [1.29, 1.82) is 0 Å². The number of anilines is 1. The van der Waals surface area contributed by atoms with E-state index in [4.69, 9.17) is 14.2 Å². The molecule has 10 nitrogen and oxygen atoms in total. The van der Waals surface area contributed by atoms with Crippen molar-refractivity contribution in [2.75, 3.05) is 25.4 Å². The molecule has 12 heteroatoms. The van der Waals surface area contributed by atoms with Crippen LogP contribution >= 0.6 is 0 Å². The fraction of sp³-hybridized carbons (Fsp3) is 0.182. The molecule has 34 heavy (non-hydrogen) atoms. The molecule has 176 valence electrons. The van der Waals surface area contributed by atoms with Crippen LogP contribution in [-0.4, -0.2) is 49.1 Å². The van der Waals surface area contributed by atoms with Crippen LogP contribution < -0.4 is 14.9 Å². The molecule has 0 aliphatic carbocycles. The summed E-state index contributed by atoms with van der Waals surface area (Å²) < 4.78 is 57.2. The number of ether oxygens (including phenoxy) is 3. The second-order valence-electron chi connectivity index (χ2n) is 7.43. The molecule has 2 aliphatic heterocycles. The van der Waals surface area contributed by atoms with Crippen molar-refractivity contribution in [2.45, 2.75) is 6.92 Å². The summed E-state index contributed by atoms with van der Waals surface area (Å²) in [6.07, 6.45) is 5.23. The van der Waals surface area contributed by atoms with Gasteiger partial charge in [-0.2, -0.15) is 0 Å². The number of halogens is 1. The molecule has 2 aliphatic rings. The van der Waals surface area contributed by atoms with E-state index in [0.29, 0.717) is 29.3 Å². The van der Waals surface area contributed by atoms with E-state index in [-0.39, 0.29) is 30.8 Å². The number of benzene rings is 2. The first-order valence-corrected chi connectivity index (χ1v) is 11.3. The van der Waals surface area contributed by atoms with Crippen molar-refractivity contribution in [2.24, 2.45) is 4.40 Å². The molecule has 0 amide bonds. The van der Waals surface area contributed by atoms with Crippen LogP contribution in [0.1, 0.15) is 11.3 Å². The lowest BCUT2D eigenvalue weighted by Gasteiger charge is -2.32. The summed E-state index contributed by atoms with van der Waals surface area (Å²) >= 11 is -2.49. The lowest BCUT2D eigenvalue weighted by molar-refractivity contribution is 0.173. The molecule has 1 fully saturated rings. The topological polar surface area (TPSA) is 110 Å². The van der Waals surface area contributed by atoms with Crippen molar-refractivity contribution in [1.82, 2.24) is 14.6 Å². The summed E-state index contributed by atoms with van der Waals surface area (Å²) in [4.78, 5) is 4.25. The zero-order valence-corrected chi connectivity index (χ0v) is 18.8. The highest BCUT2D eigenvalue weighted by Crippen LogP contribution is 2.42. The second kappa shape index (κ2) is 9.15. The summed E-state index contributed by atoms with van der Waals surface area (Å²) in [7, 11) is 0. The van der Waals surface area contributed by atoms with Crippen LogP contribution in [0.15, 0.2) is 59.1 Å². The Morgan fingerprint density at radius 2 is 1.97 bits per heavy atom. The zero-order valence-electron chi connectivity index (χ0n) is 18.0. The standard InChI is InChI=1S/C22H20FN5O5S/c1-14-11-27(12-24-14)18-7-2-15(20-21(18)33-13-32-20)10-19-22(26-34(29)30)28(8-9-31-19)25-17-5-3-16(23)4-6-17/h2-7,10-12,25H,8-9,13H2,1H3,(H,29,30). The second-order valence-corrected chi connectivity index (χ2v) is 8.08.